The molecular formula is C50H38N2. The number of aromatic nitrogens is 2. The van der Waals surface area contributed by atoms with Crippen molar-refractivity contribution in [2.45, 2.75) is 38.5 Å². The van der Waals surface area contributed by atoms with E-state index in [1.54, 1.807) is 0 Å². The molecule has 0 atom stereocenters. The first kappa shape index (κ1) is 30.7. The molecule has 0 spiro atoms. The van der Waals surface area contributed by atoms with Crippen LogP contribution in [-0.2, 0) is 10.8 Å². The molecule has 2 aliphatic carbocycles. The largest absolute Gasteiger partial charge is 0.227 e. The van der Waals surface area contributed by atoms with E-state index in [0.29, 0.717) is 0 Å². The van der Waals surface area contributed by atoms with Crippen LogP contribution in [0.15, 0.2) is 158 Å². The maximum atomic E-state index is 5.49. The Morgan fingerprint density at radius 1 is 0.327 bits per heavy atom. The Labute approximate surface area is 305 Å². The van der Waals surface area contributed by atoms with Crippen molar-refractivity contribution in [1.29, 1.82) is 0 Å². The maximum Gasteiger partial charge on any atom is 0.160 e. The summed E-state index contributed by atoms with van der Waals surface area (Å²) in [5, 5.41) is 1.02. The predicted octanol–water partition coefficient (Wildman–Crippen LogP) is 12.9. The van der Waals surface area contributed by atoms with Crippen LogP contribution in [0.5, 0.6) is 0 Å². The minimum atomic E-state index is -0.108. The zero-order valence-corrected chi connectivity index (χ0v) is 29.9. The van der Waals surface area contributed by atoms with Gasteiger partial charge in [-0.1, -0.05) is 161 Å². The third-order valence-corrected chi connectivity index (χ3v) is 11.7. The Hall–Kier alpha value is -6.12. The number of nitrogens with zero attached hydrogens (tertiary/aromatic N) is 2. The van der Waals surface area contributed by atoms with Crippen LogP contribution in [0.4, 0.5) is 0 Å². The number of fused-ring (bicyclic) bond motifs is 7. The molecule has 10 rings (SSSR count). The van der Waals surface area contributed by atoms with Crippen LogP contribution in [0.3, 0.4) is 0 Å². The van der Waals surface area contributed by atoms with Gasteiger partial charge in [0.15, 0.2) is 5.65 Å². The van der Waals surface area contributed by atoms with Crippen molar-refractivity contribution in [2.24, 2.45) is 0 Å². The lowest BCUT2D eigenvalue weighted by Gasteiger charge is -2.22. The van der Waals surface area contributed by atoms with Gasteiger partial charge in [0.2, 0.25) is 0 Å². The molecule has 0 radical (unpaired) electrons. The van der Waals surface area contributed by atoms with Crippen LogP contribution in [0.1, 0.15) is 49.9 Å². The van der Waals surface area contributed by atoms with Crippen molar-refractivity contribution in [1.82, 2.24) is 9.97 Å². The summed E-state index contributed by atoms with van der Waals surface area (Å²) in [5.74, 6) is 0. The number of rotatable bonds is 4. The Balaban J connectivity index is 1.21. The summed E-state index contributed by atoms with van der Waals surface area (Å²) in [4.78, 5) is 11.0. The lowest BCUT2D eigenvalue weighted by Crippen LogP contribution is -2.15. The van der Waals surface area contributed by atoms with Gasteiger partial charge in [0, 0.05) is 38.5 Å². The average Bonchev–Trinajstić information content (AvgIpc) is 3.56. The molecule has 2 heterocycles. The molecule has 2 heteroatoms. The zero-order valence-electron chi connectivity index (χ0n) is 29.9. The topological polar surface area (TPSA) is 25.8 Å². The second-order valence-corrected chi connectivity index (χ2v) is 15.4. The fourth-order valence-electron chi connectivity index (χ4n) is 8.92. The van der Waals surface area contributed by atoms with Gasteiger partial charge in [0.25, 0.3) is 0 Å². The van der Waals surface area contributed by atoms with Crippen molar-refractivity contribution in [2.75, 3.05) is 0 Å². The molecule has 8 aromatic rings. The van der Waals surface area contributed by atoms with Crippen molar-refractivity contribution in [3.63, 3.8) is 0 Å². The normalized spacial score (nSPS) is 14.5. The Kier molecular flexibility index (Phi) is 6.60. The van der Waals surface area contributed by atoms with E-state index in [9.17, 15) is 0 Å². The highest BCUT2D eigenvalue weighted by atomic mass is 14.9. The van der Waals surface area contributed by atoms with Gasteiger partial charge >= 0.3 is 0 Å². The van der Waals surface area contributed by atoms with E-state index in [1.165, 1.54) is 44.5 Å². The van der Waals surface area contributed by atoms with Gasteiger partial charge < -0.3 is 0 Å². The average molecular weight is 667 g/mol. The van der Waals surface area contributed by atoms with E-state index in [4.69, 9.17) is 9.97 Å². The molecule has 0 unspecified atom stereocenters. The lowest BCUT2D eigenvalue weighted by molar-refractivity contribution is 0.660. The predicted molar refractivity (Wildman–Crippen MR) is 216 cm³/mol. The summed E-state index contributed by atoms with van der Waals surface area (Å²) >= 11 is 0. The molecule has 0 bridgehead atoms. The summed E-state index contributed by atoms with van der Waals surface area (Å²) in [7, 11) is 0. The molecule has 2 aromatic heterocycles. The Morgan fingerprint density at radius 2 is 0.712 bits per heavy atom. The first-order chi connectivity index (χ1) is 25.3. The van der Waals surface area contributed by atoms with E-state index >= 15 is 0 Å². The van der Waals surface area contributed by atoms with Crippen LogP contribution in [0.2, 0.25) is 0 Å². The second-order valence-electron chi connectivity index (χ2n) is 15.4. The molecule has 2 nitrogen and oxygen atoms in total. The smallest absolute Gasteiger partial charge is 0.160 e. The van der Waals surface area contributed by atoms with Crippen molar-refractivity contribution >= 4 is 11.0 Å². The van der Waals surface area contributed by atoms with E-state index in [1.807, 2.05) is 0 Å². The van der Waals surface area contributed by atoms with Crippen LogP contribution in [-0.4, -0.2) is 9.97 Å². The molecule has 0 fully saturated rings. The van der Waals surface area contributed by atoms with Crippen molar-refractivity contribution in [3.05, 3.63) is 180 Å². The number of pyridine rings is 2. The molecule has 2 aliphatic rings. The van der Waals surface area contributed by atoms with Crippen LogP contribution in [0, 0.1) is 0 Å². The van der Waals surface area contributed by atoms with E-state index < -0.39 is 0 Å². The number of benzene rings is 6. The zero-order chi connectivity index (χ0) is 35.2. The molecule has 6 aromatic carbocycles. The van der Waals surface area contributed by atoms with Gasteiger partial charge in [-0.25, -0.2) is 9.97 Å². The standard InChI is InChI=1S/C50H38N2/c1-49(2)42-21-13-11-19-36(42)38-25-23-33(29-44(38)49)46-40(31-15-7-5-8-16-31)27-35-28-41(32-17-9-6-10-18-32)47(52-48(35)51-46)34-24-26-39-37-20-12-14-22-43(37)50(3,4)45(39)30-34/h5-30H,1-4H3. The highest BCUT2D eigenvalue weighted by Crippen LogP contribution is 2.51. The first-order valence-electron chi connectivity index (χ1n) is 18.3. The number of hydrogen-bond acceptors (Lipinski definition) is 2. The van der Waals surface area contributed by atoms with E-state index in [0.717, 1.165) is 55.8 Å². The van der Waals surface area contributed by atoms with Gasteiger partial charge in [-0.3, -0.25) is 0 Å². The van der Waals surface area contributed by atoms with Crippen LogP contribution < -0.4 is 0 Å². The summed E-state index contributed by atoms with van der Waals surface area (Å²) in [6.45, 7) is 9.34. The molecule has 0 saturated heterocycles. The summed E-state index contributed by atoms with van der Waals surface area (Å²) in [6, 6.07) is 57.4. The third kappa shape index (κ3) is 4.50. The highest BCUT2D eigenvalue weighted by molar-refractivity contribution is 5.97. The summed E-state index contributed by atoms with van der Waals surface area (Å²) < 4.78 is 0. The minimum absolute atomic E-state index is 0.108. The molecule has 0 aliphatic heterocycles. The van der Waals surface area contributed by atoms with E-state index in [-0.39, 0.29) is 10.8 Å². The lowest BCUT2D eigenvalue weighted by atomic mass is 9.81. The summed E-state index contributed by atoms with van der Waals surface area (Å²) in [5.41, 5.74) is 19.8. The van der Waals surface area contributed by atoms with Gasteiger partial charge in [0.05, 0.1) is 11.4 Å². The quantitative estimate of drug-likeness (QED) is 0.187. The second kappa shape index (κ2) is 11.2. The van der Waals surface area contributed by atoms with E-state index in [2.05, 4.69) is 185 Å². The fraction of sp³-hybridized carbons (Fsp3) is 0.120. The van der Waals surface area contributed by atoms with Crippen LogP contribution in [0.25, 0.3) is 78.1 Å². The third-order valence-electron chi connectivity index (χ3n) is 11.7. The molecule has 0 saturated carbocycles. The van der Waals surface area contributed by atoms with Crippen molar-refractivity contribution < 1.29 is 0 Å². The maximum absolute atomic E-state index is 5.49. The summed E-state index contributed by atoms with van der Waals surface area (Å²) in [6.07, 6.45) is 0. The fourth-order valence-corrected chi connectivity index (χ4v) is 8.92. The van der Waals surface area contributed by atoms with Gasteiger partial charge in [0.1, 0.15) is 0 Å². The molecule has 0 N–H and O–H groups in total. The molecule has 248 valence electrons. The molecule has 0 amide bonds. The monoisotopic (exact) mass is 666 g/mol. The first-order valence-corrected chi connectivity index (χ1v) is 18.3. The Bertz CT molecular complexity index is 2530. The van der Waals surface area contributed by atoms with Crippen molar-refractivity contribution in [3.8, 4) is 67.0 Å². The van der Waals surface area contributed by atoms with Gasteiger partial charge in [-0.05, 0) is 79.9 Å². The van der Waals surface area contributed by atoms with Gasteiger partial charge in [-0.2, -0.15) is 0 Å². The number of hydrogen-bond donors (Lipinski definition) is 0. The van der Waals surface area contributed by atoms with Crippen LogP contribution >= 0.6 is 0 Å². The SMILES string of the molecule is CC1(C)c2ccccc2-c2ccc(-c3nc4nc(-c5ccc6c(c5)C(C)(C)c5ccccc5-6)c(-c5ccccc5)cc4cc3-c3ccccc3)cc21. The molecular weight excluding hydrogens is 629 g/mol. The minimum Gasteiger partial charge on any atom is -0.227 e. The van der Waals surface area contributed by atoms with Gasteiger partial charge in [-0.15, -0.1) is 0 Å². The highest BCUT2D eigenvalue weighted by Gasteiger charge is 2.37. The molecule has 52 heavy (non-hydrogen) atoms. The Morgan fingerprint density at radius 3 is 1.15 bits per heavy atom.